The number of nitrogens with two attached hydrogens (primary N) is 1. The summed E-state index contributed by atoms with van der Waals surface area (Å²) in [5.41, 5.74) is 6.43. The van der Waals surface area contributed by atoms with E-state index in [1.165, 1.54) is 0 Å². The zero-order chi connectivity index (χ0) is 14.8. The second-order valence-corrected chi connectivity index (χ2v) is 7.41. The molecule has 0 aromatic heterocycles. The van der Waals surface area contributed by atoms with Gasteiger partial charge >= 0.3 is 0 Å². The maximum atomic E-state index is 12.7. The molecule has 0 saturated carbocycles. The van der Waals surface area contributed by atoms with Crippen LogP contribution in [0.5, 0.6) is 0 Å². The van der Waals surface area contributed by atoms with Crippen molar-refractivity contribution in [2.24, 2.45) is 5.73 Å². The van der Waals surface area contributed by atoms with Crippen molar-refractivity contribution < 1.29 is 8.42 Å². The van der Waals surface area contributed by atoms with Crippen LogP contribution in [0.1, 0.15) is 18.4 Å². The Morgan fingerprint density at radius 1 is 1.40 bits per heavy atom. The number of likely N-dealkylation sites (N-methyl/N-ethyl adjacent to an activating group) is 1. The second-order valence-electron chi connectivity index (χ2n) is 5.47. The Kier molecular flexibility index (Phi) is 4.80. The van der Waals surface area contributed by atoms with Crippen molar-refractivity contribution in [1.82, 2.24) is 9.21 Å². The van der Waals surface area contributed by atoms with Crippen molar-refractivity contribution in [1.29, 1.82) is 0 Å². The molecular formula is C14H23N3O2S. The van der Waals surface area contributed by atoms with Gasteiger partial charge in [-0.2, -0.15) is 4.31 Å². The smallest absolute Gasteiger partial charge is 0.243 e. The number of nitrogens with zero attached hydrogens (tertiary/aromatic N) is 2. The van der Waals surface area contributed by atoms with Gasteiger partial charge in [-0.3, -0.25) is 0 Å². The van der Waals surface area contributed by atoms with Crippen LogP contribution in [0.25, 0.3) is 0 Å². The highest BCUT2D eigenvalue weighted by Gasteiger charge is 2.30. The van der Waals surface area contributed by atoms with Gasteiger partial charge in [0.2, 0.25) is 10.0 Å². The highest BCUT2D eigenvalue weighted by molar-refractivity contribution is 7.89. The third-order valence-electron chi connectivity index (χ3n) is 3.86. The first-order valence-electron chi connectivity index (χ1n) is 6.90. The number of hydrogen-bond donors (Lipinski definition) is 1. The normalized spacial score (nSPS) is 21.3. The molecule has 0 radical (unpaired) electrons. The summed E-state index contributed by atoms with van der Waals surface area (Å²) >= 11 is 0. The molecule has 1 aromatic carbocycles. The van der Waals surface area contributed by atoms with Gasteiger partial charge in [0.05, 0.1) is 4.90 Å². The van der Waals surface area contributed by atoms with Crippen molar-refractivity contribution >= 4 is 10.0 Å². The average molecular weight is 297 g/mol. The van der Waals surface area contributed by atoms with Gasteiger partial charge in [0.25, 0.3) is 0 Å². The summed E-state index contributed by atoms with van der Waals surface area (Å²) in [7, 11) is 0.582. The molecule has 1 aliphatic rings. The van der Waals surface area contributed by atoms with E-state index in [4.69, 9.17) is 5.73 Å². The quantitative estimate of drug-likeness (QED) is 0.895. The molecule has 1 saturated heterocycles. The molecule has 6 heteroatoms. The molecule has 0 spiro atoms. The van der Waals surface area contributed by atoms with Gasteiger partial charge < -0.3 is 10.6 Å². The van der Waals surface area contributed by atoms with Crippen LogP contribution in [-0.2, 0) is 16.6 Å². The molecule has 1 atom stereocenters. The van der Waals surface area contributed by atoms with Gasteiger partial charge in [-0.15, -0.1) is 0 Å². The summed E-state index contributed by atoms with van der Waals surface area (Å²) in [6, 6.07) is 7.21. The Hall–Kier alpha value is -0.950. The van der Waals surface area contributed by atoms with Crippen molar-refractivity contribution in [2.75, 3.05) is 27.2 Å². The Morgan fingerprint density at radius 2 is 2.15 bits per heavy atom. The second kappa shape index (κ2) is 6.22. The molecule has 2 rings (SSSR count). The lowest BCUT2D eigenvalue weighted by atomic mass is 10.1. The van der Waals surface area contributed by atoms with Crippen LogP contribution in [-0.4, -0.2) is 50.8 Å². The predicted octanol–water partition coefficient (Wildman–Crippen LogP) is 0.860. The van der Waals surface area contributed by atoms with E-state index in [-0.39, 0.29) is 6.04 Å². The van der Waals surface area contributed by atoms with E-state index in [9.17, 15) is 8.42 Å². The van der Waals surface area contributed by atoms with Crippen LogP contribution in [0.15, 0.2) is 29.2 Å². The Labute approximate surface area is 121 Å². The number of hydrogen-bond acceptors (Lipinski definition) is 4. The zero-order valence-electron chi connectivity index (χ0n) is 12.1. The summed E-state index contributed by atoms with van der Waals surface area (Å²) in [5, 5.41) is 0. The van der Waals surface area contributed by atoms with E-state index in [0.717, 1.165) is 18.4 Å². The lowest BCUT2D eigenvalue weighted by Gasteiger charge is -2.35. The first kappa shape index (κ1) is 15.4. The molecule has 1 fully saturated rings. The van der Waals surface area contributed by atoms with E-state index in [1.54, 1.807) is 22.5 Å². The summed E-state index contributed by atoms with van der Waals surface area (Å²) < 4.78 is 27.0. The largest absolute Gasteiger partial charge is 0.326 e. The lowest BCUT2D eigenvalue weighted by molar-refractivity contribution is 0.190. The van der Waals surface area contributed by atoms with Crippen LogP contribution in [0.2, 0.25) is 0 Å². The van der Waals surface area contributed by atoms with Crippen LogP contribution >= 0.6 is 0 Å². The molecule has 1 unspecified atom stereocenters. The third-order valence-corrected chi connectivity index (χ3v) is 5.72. The zero-order valence-corrected chi connectivity index (χ0v) is 12.9. The maximum Gasteiger partial charge on any atom is 0.243 e. The minimum atomic E-state index is -3.41. The van der Waals surface area contributed by atoms with E-state index in [2.05, 4.69) is 4.90 Å². The molecule has 0 bridgehead atoms. The Bertz CT molecular complexity index is 557. The molecular weight excluding hydrogens is 274 g/mol. The molecule has 20 heavy (non-hydrogen) atoms. The topological polar surface area (TPSA) is 66.6 Å². The first-order valence-corrected chi connectivity index (χ1v) is 8.34. The fourth-order valence-electron chi connectivity index (χ4n) is 2.54. The highest BCUT2D eigenvalue weighted by atomic mass is 32.2. The third kappa shape index (κ3) is 3.20. The molecule has 0 amide bonds. The summed E-state index contributed by atoms with van der Waals surface area (Å²) in [4.78, 5) is 2.44. The van der Waals surface area contributed by atoms with Crippen molar-refractivity contribution in [3.05, 3.63) is 29.8 Å². The monoisotopic (exact) mass is 297 g/mol. The van der Waals surface area contributed by atoms with E-state index in [1.807, 2.05) is 20.2 Å². The summed E-state index contributed by atoms with van der Waals surface area (Å²) in [6.07, 6.45) is 1.94. The van der Waals surface area contributed by atoms with Gasteiger partial charge in [0.15, 0.2) is 0 Å². The Morgan fingerprint density at radius 3 is 2.80 bits per heavy atom. The minimum Gasteiger partial charge on any atom is -0.326 e. The average Bonchev–Trinajstić information content (AvgIpc) is 2.47. The van der Waals surface area contributed by atoms with Crippen molar-refractivity contribution in [3.63, 3.8) is 0 Å². The summed E-state index contributed by atoms with van der Waals surface area (Å²) in [6.45, 7) is 1.51. The van der Waals surface area contributed by atoms with E-state index in [0.29, 0.717) is 24.5 Å². The maximum absolute atomic E-state index is 12.7. The van der Waals surface area contributed by atoms with Gasteiger partial charge in [0.1, 0.15) is 0 Å². The van der Waals surface area contributed by atoms with Crippen LogP contribution < -0.4 is 5.73 Å². The fraction of sp³-hybridized carbons (Fsp3) is 0.571. The highest BCUT2D eigenvalue weighted by Crippen LogP contribution is 2.22. The van der Waals surface area contributed by atoms with Gasteiger partial charge in [-0.25, -0.2) is 8.42 Å². The lowest BCUT2D eigenvalue weighted by Crippen LogP contribution is -2.47. The number of piperidine rings is 1. The first-order chi connectivity index (χ1) is 9.45. The van der Waals surface area contributed by atoms with E-state index < -0.39 is 10.0 Å². The standard InChI is InChI=1S/C14H23N3O2S/c1-16(2)13-6-4-8-17(11-13)20(18,19)14-7-3-5-12(9-14)10-15/h3,5,7,9,13H,4,6,8,10-11,15H2,1-2H3. The molecule has 1 heterocycles. The van der Waals surface area contributed by atoms with Crippen LogP contribution in [0.3, 0.4) is 0 Å². The molecule has 0 aliphatic carbocycles. The fourth-order valence-corrected chi connectivity index (χ4v) is 4.13. The summed E-state index contributed by atoms with van der Waals surface area (Å²) in [5.74, 6) is 0. The van der Waals surface area contributed by atoms with Crippen molar-refractivity contribution in [2.45, 2.75) is 30.3 Å². The molecule has 1 aliphatic heterocycles. The number of benzene rings is 1. The van der Waals surface area contributed by atoms with Crippen LogP contribution in [0, 0.1) is 0 Å². The predicted molar refractivity (Wildman–Crippen MR) is 79.8 cm³/mol. The van der Waals surface area contributed by atoms with Crippen LogP contribution in [0.4, 0.5) is 0 Å². The number of sulfonamides is 1. The van der Waals surface area contributed by atoms with Gasteiger partial charge in [-0.05, 0) is 44.6 Å². The van der Waals surface area contributed by atoms with Gasteiger partial charge in [0, 0.05) is 25.7 Å². The molecule has 5 nitrogen and oxygen atoms in total. The van der Waals surface area contributed by atoms with Gasteiger partial charge in [-0.1, -0.05) is 12.1 Å². The minimum absolute atomic E-state index is 0.288. The van der Waals surface area contributed by atoms with E-state index >= 15 is 0 Å². The SMILES string of the molecule is CN(C)C1CCCN(S(=O)(=O)c2cccc(CN)c2)C1. The van der Waals surface area contributed by atoms with Crippen molar-refractivity contribution in [3.8, 4) is 0 Å². The molecule has 1 aromatic rings. The Balaban J connectivity index is 2.25. The molecule has 112 valence electrons. The number of rotatable bonds is 4. The molecule has 2 N–H and O–H groups in total.